The Balaban J connectivity index is 0. The minimum atomic E-state index is -3.13. The van der Waals surface area contributed by atoms with Gasteiger partial charge in [0.15, 0.2) is 0 Å². The molecule has 0 aliphatic carbocycles. The van der Waals surface area contributed by atoms with Crippen LogP contribution < -0.4 is 0 Å². The maximum absolute atomic E-state index is 8.75. The first-order valence-corrected chi connectivity index (χ1v) is 5.52. The lowest BCUT2D eigenvalue weighted by atomic mass is 10.3. The standard InChI is InChI=1S/C4H10O2S2.H3O3P/c5-3(1-7)4(6)2-8;1-4(2)3/h3-8H,1-2H2;4H,(H2,1,2,3)/t3-,4-;/m1./s1. The van der Waals surface area contributed by atoms with Crippen molar-refractivity contribution in [3.63, 3.8) is 0 Å². The highest BCUT2D eigenvalue weighted by molar-refractivity contribution is 7.80. The van der Waals surface area contributed by atoms with Crippen molar-refractivity contribution >= 4 is 33.5 Å². The van der Waals surface area contributed by atoms with Crippen molar-refractivity contribution in [3.8, 4) is 0 Å². The average Bonchev–Trinajstić information content (AvgIpc) is 2.00. The van der Waals surface area contributed by atoms with Gasteiger partial charge in [0.1, 0.15) is 0 Å². The number of rotatable bonds is 3. The highest BCUT2D eigenvalue weighted by atomic mass is 32.1. The molecular formula is C4H13O5PS2. The molecule has 0 saturated carbocycles. The molecule has 0 rings (SSSR count). The van der Waals surface area contributed by atoms with E-state index in [1.807, 2.05) is 0 Å². The molecule has 0 heterocycles. The van der Waals surface area contributed by atoms with Crippen LogP contribution in [0, 0.1) is 0 Å². The summed E-state index contributed by atoms with van der Waals surface area (Å²) in [5.41, 5.74) is 0. The molecule has 0 aliphatic rings. The molecule has 0 bridgehead atoms. The fraction of sp³-hybridized carbons (Fsp3) is 1.00. The van der Waals surface area contributed by atoms with Gasteiger partial charge in [-0.15, -0.1) is 0 Å². The van der Waals surface area contributed by atoms with Crippen LogP contribution in [-0.2, 0) is 4.57 Å². The third kappa shape index (κ3) is 13.4. The van der Waals surface area contributed by atoms with E-state index in [1.54, 1.807) is 0 Å². The van der Waals surface area contributed by atoms with Crippen LogP contribution in [0.2, 0.25) is 0 Å². The number of aliphatic hydroxyl groups is 2. The minimum Gasteiger partial charge on any atom is -0.390 e. The van der Waals surface area contributed by atoms with Crippen molar-refractivity contribution < 1.29 is 24.6 Å². The van der Waals surface area contributed by atoms with Gasteiger partial charge in [0.05, 0.1) is 12.2 Å². The Hall–Kier alpha value is 0.770. The highest BCUT2D eigenvalue weighted by Crippen LogP contribution is 1.98. The Bertz CT molecular complexity index is 112. The van der Waals surface area contributed by atoms with Crippen molar-refractivity contribution in [2.45, 2.75) is 12.2 Å². The van der Waals surface area contributed by atoms with Crippen molar-refractivity contribution in [1.29, 1.82) is 0 Å². The van der Waals surface area contributed by atoms with Crippen LogP contribution >= 0.6 is 33.5 Å². The lowest BCUT2D eigenvalue weighted by Crippen LogP contribution is -2.28. The van der Waals surface area contributed by atoms with Gasteiger partial charge < -0.3 is 20.0 Å². The summed E-state index contributed by atoms with van der Waals surface area (Å²) in [6, 6.07) is 0. The fourth-order valence-electron chi connectivity index (χ4n) is 0.243. The van der Waals surface area contributed by atoms with Crippen LogP contribution in [0.1, 0.15) is 0 Å². The summed E-state index contributed by atoms with van der Waals surface area (Å²) in [4.78, 5) is 14.3. The van der Waals surface area contributed by atoms with Gasteiger partial charge in [0, 0.05) is 11.5 Å². The van der Waals surface area contributed by atoms with E-state index >= 15 is 0 Å². The molecule has 0 amide bonds. The molecule has 12 heavy (non-hydrogen) atoms. The summed E-state index contributed by atoms with van der Waals surface area (Å²) in [6.45, 7) is 0. The number of hydrogen-bond acceptors (Lipinski definition) is 5. The Kier molecular flexibility index (Phi) is 12.5. The predicted octanol–water partition coefficient (Wildman–Crippen LogP) is -1.07. The van der Waals surface area contributed by atoms with Gasteiger partial charge in [-0.2, -0.15) is 25.3 Å². The lowest BCUT2D eigenvalue weighted by molar-refractivity contribution is 0.0504. The largest absolute Gasteiger partial charge is 0.390 e. The summed E-state index contributed by atoms with van der Waals surface area (Å²) in [7, 11) is -3.13. The third-order valence-corrected chi connectivity index (χ3v) is 1.57. The summed E-state index contributed by atoms with van der Waals surface area (Å²) in [5.74, 6) is 0.559. The normalized spacial score (nSPS) is 14.9. The third-order valence-electron chi connectivity index (χ3n) is 0.818. The molecule has 2 atom stereocenters. The molecule has 8 heteroatoms. The molecule has 0 aromatic rings. The molecule has 5 nitrogen and oxygen atoms in total. The Morgan fingerprint density at radius 2 is 1.25 bits per heavy atom. The first-order chi connectivity index (χ1) is 5.45. The van der Waals surface area contributed by atoms with Crippen LogP contribution in [-0.4, -0.2) is 43.7 Å². The molecule has 0 unspecified atom stereocenters. The Labute approximate surface area is 82.2 Å². The molecular weight excluding hydrogens is 223 g/mol. The second-order valence-electron chi connectivity index (χ2n) is 1.78. The number of thiol groups is 2. The summed E-state index contributed by atoms with van der Waals surface area (Å²) < 4.78 is 8.74. The molecule has 0 saturated heterocycles. The summed E-state index contributed by atoms with van der Waals surface area (Å²) in [5, 5.41) is 17.5. The SMILES string of the molecule is O=[PH](O)O.O[C@H](CS)[C@H](O)CS. The second kappa shape index (κ2) is 9.85. The molecule has 0 fully saturated rings. The van der Waals surface area contributed by atoms with E-state index in [-0.39, 0.29) is 11.5 Å². The number of aliphatic hydroxyl groups excluding tert-OH is 2. The lowest BCUT2D eigenvalue weighted by Gasteiger charge is -2.11. The van der Waals surface area contributed by atoms with Gasteiger partial charge in [-0.3, -0.25) is 4.57 Å². The van der Waals surface area contributed by atoms with Crippen molar-refractivity contribution in [2.75, 3.05) is 11.5 Å². The molecule has 76 valence electrons. The fourth-order valence-corrected chi connectivity index (χ4v) is 0.730. The maximum atomic E-state index is 8.75. The van der Waals surface area contributed by atoms with E-state index in [4.69, 9.17) is 24.6 Å². The van der Waals surface area contributed by atoms with E-state index in [9.17, 15) is 0 Å². The zero-order valence-corrected chi connectivity index (χ0v) is 8.95. The molecule has 4 N–H and O–H groups in total. The van der Waals surface area contributed by atoms with Gasteiger partial charge in [0.25, 0.3) is 0 Å². The van der Waals surface area contributed by atoms with Crippen molar-refractivity contribution in [2.24, 2.45) is 0 Å². The maximum Gasteiger partial charge on any atom is 0.314 e. The van der Waals surface area contributed by atoms with E-state index in [0.717, 1.165) is 0 Å². The Morgan fingerprint density at radius 1 is 1.08 bits per heavy atom. The molecule has 0 aromatic carbocycles. The molecule has 0 spiro atoms. The molecule has 0 aliphatic heterocycles. The van der Waals surface area contributed by atoms with E-state index < -0.39 is 20.5 Å². The minimum absolute atomic E-state index is 0.279. The van der Waals surface area contributed by atoms with Gasteiger partial charge in [-0.25, -0.2) is 0 Å². The van der Waals surface area contributed by atoms with Crippen LogP contribution in [0.5, 0.6) is 0 Å². The Morgan fingerprint density at radius 3 is 1.33 bits per heavy atom. The van der Waals surface area contributed by atoms with Crippen LogP contribution in [0.3, 0.4) is 0 Å². The van der Waals surface area contributed by atoms with Crippen LogP contribution in [0.4, 0.5) is 0 Å². The highest BCUT2D eigenvalue weighted by Gasteiger charge is 2.10. The molecule has 0 aromatic heterocycles. The van der Waals surface area contributed by atoms with Crippen molar-refractivity contribution in [1.82, 2.24) is 0 Å². The monoisotopic (exact) mass is 236 g/mol. The van der Waals surface area contributed by atoms with Gasteiger partial charge in [-0.05, 0) is 0 Å². The zero-order chi connectivity index (χ0) is 10.1. The smallest absolute Gasteiger partial charge is 0.314 e. The van der Waals surface area contributed by atoms with Gasteiger partial charge >= 0.3 is 8.25 Å². The van der Waals surface area contributed by atoms with E-state index in [1.165, 1.54) is 0 Å². The van der Waals surface area contributed by atoms with Crippen molar-refractivity contribution in [3.05, 3.63) is 0 Å². The van der Waals surface area contributed by atoms with E-state index in [2.05, 4.69) is 25.3 Å². The van der Waals surface area contributed by atoms with Gasteiger partial charge in [-0.1, -0.05) is 0 Å². The molecule has 0 radical (unpaired) electrons. The average molecular weight is 236 g/mol. The first kappa shape index (κ1) is 15.3. The summed E-state index contributed by atoms with van der Waals surface area (Å²) in [6.07, 6.45) is -1.48. The van der Waals surface area contributed by atoms with E-state index in [0.29, 0.717) is 0 Å². The second-order valence-corrected chi connectivity index (χ2v) is 3.08. The first-order valence-electron chi connectivity index (χ1n) is 2.95. The quantitative estimate of drug-likeness (QED) is 0.277. The van der Waals surface area contributed by atoms with Gasteiger partial charge in [0.2, 0.25) is 0 Å². The topological polar surface area (TPSA) is 98.0 Å². The number of hydrogen-bond donors (Lipinski definition) is 6. The zero-order valence-electron chi connectivity index (χ0n) is 6.16. The predicted molar refractivity (Wildman–Crippen MR) is 53.2 cm³/mol. The van der Waals surface area contributed by atoms with Crippen LogP contribution in [0.25, 0.3) is 0 Å². The summed E-state index contributed by atoms with van der Waals surface area (Å²) >= 11 is 7.53. The van der Waals surface area contributed by atoms with Crippen LogP contribution in [0.15, 0.2) is 0 Å².